The Bertz CT molecular complexity index is 479. The van der Waals surface area contributed by atoms with Crippen LogP contribution in [-0.4, -0.2) is 23.0 Å². The fraction of sp³-hybridized carbons (Fsp3) is 0.385. The molecule has 1 aromatic rings. The number of rotatable bonds is 6. The van der Waals surface area contributed by atoms with E-state index in [-0.39, 0.29) is 17.0 Å². The lowest BCUT2D eigenvalue weighted by atomic mass is 10.1. The first-order chi connectivity index (χ1) is 8.93. The van der Waals surface area contributed by atoms with Crippen molar-refractivity contribution in [2.24, 2.45) is 0 Å². The molecule has 19 heavy (non-hydrogen) atoms. The molecule has 1 atom stereocenters. The summed E-state index contributed by atoms with van der Waals surface area (Å²) in [6, 6.07) is 3.18. The lowest BCUT2D eigenvalue weighted by Gasteiger charge is -2.16. The number of carbonyl (C=O) groups is 2. The van der Waals surface area contributed by atoms with Crippen LogP contribution in [0.4, 0.5) is 4.39 Å². The zero-order chi connectivity index (χ0) is 14.4. The Balaban J connectivity index is 2.75. The van der Waals surface area contributed by atoms with Crippen LogP contribution in [0.1, 0.15) is 36.5 Å². The second-order valence-corrected chi connectivity index (χ2v) is 4.59. The molecule has 1 aromatic carbocycles. The summed E-state index contributed by atoms with van der Waals surface area (Å²) in [6.45, 7) is 1.90. The Morgan fingerprint density at radius 1 is 1.47 bits per heavy atom. The molecule has 1 unspecified atom stereocenters. The fourth-order valence-corrected chi connectivity index (χ4v) is 1.87. The van der Waals surface area contributed by atoms with Gasteiger partial charge in [0.15, 0.2) is 0 Å². The van der Waals surface area contributed by atoms with Crippen LogP contribution in [0.25, 0.3) is 0 Å². The maximum Gasteiger partial charge on any atom is 0.305 e. The molecule has 1 rings (SSSR count). The molecule has 6 heteroatoms. The normalized spacial score (nSPS) is 11.9. The van der Waals surface area contributed by atoms with Crippen LogP contribution >= 0.6 is 11.6 Å². The van der Waals surface area contributed by atoms with Gasteiger partial charge in [-0.05, 0) is 24.6 Å². The van der Waals surface area contributed by atoms with Crippen LogP contribution in [0.3, 0.4) is 0 Å². The number of hydrogen-bond acceptors (Lipinski definition) is 2. The Morgan fingerprint density at radius 2 is 2.16 bits per heavy atom. The minimum atomic E-state index is -0.976. The highest BCUT2D eigenvalue weighted by molar-refractivity contribution is 6.31. The van der Waals surface area contributed by atoms with Crippen molar-refractivity contribution in [3.05, 3.63) is 34.6 Å². The van der Waals surface area contributed by atoms with Gasteiger partial charge >= 0.3 is 5.97 Å². The van der Waals surface area contributed by atoms with E-state index in [4.69, 9.17) is 16.7 Å². The third-order valence-electron chi connectivity index (χ3n) is 2.58. The minimum Gasteiger partial charge on any atom is -0.481 e. The molecular formula is C13H15ClFNO3. The zero-order valence-electron chi connectivity index (χ0n) is 10.5. The quantitative estimate of drug-likeness (QED) is 0.845. The lowest BCUT2D eigenvalue weighted by Crippen LogP contribution is -2.36. The van der Waals surface area contributed by atoms with Crippen LogP contribution in [0, 0.1) is 5.82 Å². The van der Waals surface area contributed by atoms with Gasteiger partial charge in [0.25, 0.3) is 5.91 Å². The lowest BCUT2D eigenvalue weighted by molar-refractivity contribution is -0.137. The van der Waals surface area contributed by atoms with Gasteiger partial charge in [0.2, 0.25) is 0 Å². The van der Waals surface area contributed by atoms with Crippen LogP contribution < -0.4 is 5.32 Å². The third kappa shape index (κ3) is 4.87. The van der Waals surface area contributed by atoms with Gasteiger partial charge in [0, 0.05) is 11.6 Å². The smallest absolute Gasteiger partial charge is 0.305 e. The average Bonchev–Trinajstić information content (AvgIpc) is 2.32. The highest BCUT2D eigenvalue weighted by atomic mass is 35.5. The van der Waals surface area contributed by atoms with E-state index in [0.717, 1.165) is 12.5 Å². The summed E-state index contributed by atoms with van der Waals surface area (Å²) in [5.41, 5.74) is 0.206. The van der Waals surface area contributed by atoms with Crippen LogP contribution in [-0.2, 0) is 4.79 Å². The van der Waals surface area contributed by atoms with E-state index in [1.807, 2.05) is 6.92 Å². The van der Waals surface area contributed by atoms with Crippen LogP contribution in [0.5, 0.6) is 0 Å². The summed E-state index contributed by atoms with van der Waals surface area (Å²) in [7, 11) is 0. The monoisotopic (exact) mass is 287 g/mol. The Labute approximate surface area is 115 Å². The van der Waals surface area contributed by atoms with Gasteiger partial charge in [-0.1, -0.05) is 24.9 Å². The molecular weight excluding hydrogens is 273 g/mol. The van der Waals surface area contributed by atoms with Gasteiger partial charge < -0.3 is 10.4 Å². The topological polar surface area (TPSA) is 66.4 Å². The molecule has 104 valence electrons. The standard InChI is InChI=1S/C13H15ClFNO3/c1-2-3-9(7-12(17)18)16-13(19)8-4-5-11(15)10(14)6-8/h4-6,9H,2-3,7H2,1H3,(H,16,19)(H,17,18). The van der Waals surface area contributed by atoms with Gasteiger partial charge in [0.05, 0.1) is 11.4 Å². The van der Waals surface area contributed by atoms with Crippen molar-refractivity contribution >= 4 is 23.5 Å². The van der Waals surface area contributed by atoms with Crippen molar-refractivity contribution in [3.8, 4) is 0 Å². The van der Waals surface area contributed by atoms with Crippen molar-refractivity contribution < 1.29 is 19.1 Å². The average molecular weight is 288 g/mol. The summed E-state index contributed by atoms with van der Waals surface area (Å²) in [4.78, 5) is 22.6. The molecule has 2 N–H and O–H groups in total. The molecule has 0 spiro atoms. The molecule has 4 nitrogen and oxygen atoms in total. The van der Waals surface area contributed by atoms with Gasteiger partial charge in [-0.15, -0.1) is 0 Å². The van der Waals surface area contributed by atoms with Gasteiger partial charge in [-0.25, -0.2) is 4.39 Å². The van der Waals surface area contributed by atoms with Gasteiger partial charge in [0.1, 0.15) is 5.82 Å². The zero-order valence-corrected chi connectivity index (χ0v) is 11.2. The highest BCUT2D eigenvalue weighted by Gasteiger charge is 2.16. The molecule has 1 amide bonds. The summed E-state index contributed by atoms with van der Waals surface area (Å²) in [5, 5.41) is 11.2. The molecule has 0 aliphatic carbocycles. The van der Waals surface area contributed by atoms with E-state index in [2.05, 4.69) is 5.32 Å². The van der Waals surface area contributed by atoms with E-state index >= 15 is 0 Å². The molecule has 0 aromatic heterocycles. The first-order valence-corrected chi connectivity index (χ1v) is 6.29. The van der Waals surface area contributed by atoms with E-state index in [9.17, 15) is 14.0 Å². The Morgan fingerprint density at radius 3 is 2.68 bits per heavy atom. The van der Waals surface area contributed by atoms with E-state index in [0.29, 0.717) is 6.42 Å². The number of nitrogens with one attached hydrogen (secondary N) is 1. The van der Waals surface area contributed by atoms with Crippen molar-refractivity contribution in [3.63, 3.8) is 0 Å². The van der Waals surface area contributed by atoms with Crippen molar-refractivity contribution in [2.45, 2.75) is 32.2 Å². The SMILES string of the molecule is CCCC(CC(=O)O)NC(=O)c1ccc(F)c(Cl)c1. The summed E-state index contributed by atoms with van der Waals surface area (Å²) in [5.74, 6) is -2.04. The Kier molecular flexibility index (Phi) is 5.76. The summed E-state index contributed by atoms with van der Waals surface area (Å²) >= 11 is 5.59. The summed E-state index contributed by atoms with van der Waals surface area (Å²) < 4.78 is 13.0. The molecule has 0 saturated heterocycles. The van der Waals surface area contributed by atoms with Crippen LogP contribution in [0.15, 0.2) is 18.2 Å². The first kappa shape index (κ1) is 15.4. The van der Waals surface area contributed by atoms with Gasteiger partial charge in [-0.2, -0.15) is 0 Å². The molecule has 0 fully saturated rings. The Hall–Kier alpha value is -1.62. The number of amides is 1. The highest BCUT2D eigenvalue weighted by Crippen LogP contribution is 2.16. The number of carboxylic acid groups (broad SMARTS) is 1. The molecule has 0 radical (unpaired) electrons. The third-order valence-corrected chi connectivity index (χ3v) is 2.86. The maximum atomic E-state index is 13.0. The van der Waals surface area contributed by atoms with E-state index in [1.165, 1.54) is 12.1 Å². The number of carboxylic acids is 1. The van der Waals surface area contributed by atoms with Crippen molar-refractivity contribution in [1.82, 2.24) is 5.32 Å². The molecule has 0 saturated carbocycles. The number of hydrogen-bond donors (Lipinski definition) is 2. The van der Waals surface area contributed by atoms with E-state index < -0.39 is 23.7 Å². The number of aliphatic carboxylic acids is 1. The van der Waals surface area contributed by atoms with Gasteiger partial charge in [-0.3, -0.25) is 9.59 Å². The minimum absolute atomic E-state index is 0.141. The largest absolute Gasteiger partial charge is 0.481 e. The first-order valence-electron chi connectivity index (χ1n) is 5.91. The molecule has 0 aliphatic heterocycles. The van der Waals surface area contributed by atoms with Crippen molar-refractivity contribution in [2.75, 3.05) is 0 Å². The fourth-order valence-electron chi connectivity index (χ4n) is 1.69. The second-order valence-electron chi connectivity index (χ2n) is 4.19. The molecule has 0 bridgehead atoms. The second kappa shape index (κ2) is 7.09. The molecule has 0 aliphatic rings. The molecule has 0 heterocycles. The number of halogens is 2. The number of benzene rings is 1. The predicted molar refractivity (Wildman–Crippen MR) is 69.8 cm³/mol. The van der Waals surface area contributed by atoms with Crippen LogP contribution in [0.2, 0.25) is 5.02 Å². The van der Waals surface area contributed by atoms with Crippen molar-refractivity contribution in [1.29, 1.82) is 0 Å². The maximum absolute atomic E-state index is 13.0. The number of carbonyl (C=O) groups excluding carboxylic acids is 1. The summed E-state index contributed by atoms with van der Waals surface area (Å²) in [6.07, 6.45) is 1.17. The predicted octanol–water partition coefficient (Wildman–Crippen LogP) is 2.85. The van der Waals surface area contributed by atoms with E-state index in [1.54, 1.807) is 0 Å².